The molecule has 4 aliphatic rings. The zero-order valence-electron chi connectivity index (χ0n) is 12.2. The summed E-state index contributed by atoms with van der Waals surface area (Å²) >= 11 is 0. The highest BCUT2D eigenvalue weighted by atomic mass is 16.6. The second kappa shape index (κ2) is 3.88. The lowest BCUT2D eigenvalue weighted by atomic mass is 9.85. The third-order valence-corrected chi connectivity index (χ3v) is 6.17. The first-order valence-electron chi connectivity index (χ1n) is 7.86. The number of anilines is 1. The lowest BCUT2D eigenvalue weighted by Crippen LogP contribution is -2.35. The van der Waals surface area contributed by atoms with Crippen LogP contribution >= 0.6 is 0 Å². The van der Waals surface area contributed by atoms with Crippen LogP contribution in [0.25, 0.3) is 0 Å². The zero-order valence-corrected chi connectivity index (χ0v) is 12.2. The standard InChI is InChI=1S/C17H14N2O4/c20-15-13-9-5-6-10(17(9)7-8-17)14(13)16(21)18(15)11-3-1-2-4-12(11)19(22)23/h1-6,9-10,13-14H,7-8H2/t9-,10+,13+,14-. The van der Waals surface area contributed by atoms with E-state index in [0.29, 0.717) is 0 Å². The van der Waals surface area contributed by atoms with Gasteiger partial charge in [-0.25, -0.2) is 4.90 Å². The Morgan fingerprint density at radius 3 is 2.13 bits per heavy atom. The number of allylic oxidation sites excluding steroid dienone is 2. The summed E-state index contributed by atoms with van der Waals surface area (Å²) in [6.07, 6.45) is 6.34. The summed E-state index contributed by atoms with van der Waals surface area (Å²) in [7, 11) is 0. The molecule has 6 nitrogen and oxygen atoms in total. The molecule has 5 rings (SSSR count). The van der Waals surface area contributed by atoms with Crippen molar-refractivity contribution in [2.24, 2.45) is 29.1 Å². The number of carbonyl (C=O) groups excluding carboxylic acids is 2. The SMILES string of the molecule is O=C1[C@@H]2[C@H](C(=O)N1c1ccccc1[N+](=O)[O-])[C@@H]1C=C[C@H]2C12CC2. The zero-order chi connectivity index (χ0) is 15.9. The number of carbonyl (C=O) groups is 2. The highest BCUT2D eigenvalue weighted by molar-refractivity contribution is 6.23. The summed E-state index contributed by atoms with van der Waals surface area (Å²) in [5.41, 5.74) is 0.0387. The van der Waals surface area contributed by atoms with Crippen LogP contribution in [-0.2, 0) is 9.59 Å². The molecule has 0 aromatic heterocycles. The Hall–Kier alpha value is -2.50. The molecule has 1 aliphatic heterocycles. The number of imide groups is 1. The molecule has 116 valence electrons. The minimum atomic E-state index is -0.542. The molecule has 1 aromatic rings. The van der Waals surface area contributed by atoms with Gasteiger partial charge >= 0.3 is 0 Å². The summed E-state index contributed by atoms with van der Waals surface area (Å²) in [6.45, 7) is 0. The van der Waals surface area contributed by atoms with Gasteiger partial charge in [-0.2, -0.15) is 0 Å². The van der Waals surface area contributed by atoms with E-state index in [1.165, 1.54) is 18.2 Å². The smallest absolute Gasteiger partial charge is 0.274 e. The summed E-state index contributed by atoms with van der Waals surface area (Å²) in [5.74, 6) is -0.946. The number of fused-ring (bicyclic) bond motifs is 3. The molecule has 1 saturated heterocycles. The number of hydrogen-bond acceptors (Lipinski definition) is 4. The molecule has 2 bridgehead atoms. The fraction of sp³-hybridized carbons (Fsp3) is 0.412. The first kappa shape index (κ1) is 13.0. The summed E-state index contributed by atoms with van der Waals surface area (Å²) in [5, 5.41) is 11.2. The van der Waals surface area contributed by atoms with Crippen molar-refractivity contribution < 1.29 is 14.5 Å². The van der Waals surface area contributed by atoms with E-state index in [1.54, 1.807) is 6.07 Å². The second-order valence-electron chi connectivity index (χ2n) is 6.98. The van der Waals surface area contributed by atoms with Gasteiger partial charge in [0.05, 0.1) is 16.8 Å². The van der Waals surface area contributed by atoms with Crippen LogP contribution in [0.2, 0.25) is 0 Å². The van der Waals surface area contributed by atoms with E-state index in [4.69, 9.17) is 0 Å². The first-order chi connectivity index (χ1) is 11.1. The quantitative estimate of drug-likeness (QED) is 0.363. The number of nitro groups is 1. The van der Waals surface area contributed by atoms with Gasteiger partial charge < -0.3 is 0 Å². The molecule has 2 saturated carbocycles. The molecule has 3 aliphatic carbocycles. The van der Waals surface area contributed by atoms with Crippen molar-refractivity contribution in [3.8, 4) is 0 Å². The van der Waals surface area contributed by atoms with Gasteiger partial charge in [0.1, 0.15) is 5.69 Å². The molecule has 6 heteroatoms. The van der Waals surface area contributed by atoms with Crippen molar-refractivity contribution in [3.63, 3.8) is 0 Å². The molecule has 23 heavy (non-hydrogen) atoms. The predicted octanol–water partition coefficient (Wildman–Crippen LogP) is 2.30. The summed E-state index contributed by atoms with van der Waals surface area (Å²) in [6, 6.07) is 5.97. The van der Waals surface area contributed by atoms with Gasteiger partial charge in [-0.1, -0.05) is 24.3 Å². The van der Waals surface area contributed by atoms with Crippen LogP contribution in [-0.4, -0.2) is 16.7 Å². The van der Waals surface area contributed by atoms with Crippen molar-refractivity contribution in [1.29, 1.82) is 0 Å². The van der Waals surface area contributed by atoms with Gasteiger partial charge in [-0.05, 0) is 36.2 Å². The molecular formula is C17H14N2O4. The number of benzene rings is 1. The minimum Gasteiger partial charge on any atom is -0.274 e. The largest absolute Gasteiger partial charge is 0.293 e. The van der Waals surface area contributed by atoms with Crippen LogP contribution in [0.5, 0.6) is 0 Å². The van der Waals surface area contributed by atoms with Crippen LogP contribution in [0.1, 0.15) is 12.8 Å². The topological polar surface area (TPSA) is 80.5 Å². The molecule has 1 spiro atoms. The van der Waals surface area contributed by atoms with E-state index in [1.807, 2.05) is 0 Å². The van der Waals surface area contributed by atoms with Gasteiger partial charge in [0.25, 0.3) is 5.69 Å². The van der Waals surface area contributed by atoms with Crippen molar-refractivity contribution in [1.82, 2.24) is 0 Å². The Kier molecular flexibility index (Phi) is 2.19. The number of nitrogens with zero attached hydrogens (tertiary/aromatic N) is 2. The molecule has 1 aromatic carbocycles. The number of amides is 2. The van der Waals surface area contributed by atoms with Crippen LogP contribution in [0.4, 0.5) is 11.4 Å². The molecule has 0 N–H and O–H groups in total. The Morgan fingerprint density at radius 1 is 1.04 bits per heavy atom. The molecule has 1 heterocycles. The fourth-order valence-corrected chi connectivity index (χ4v) is 5.12. The van der Waals surface area contributed by atoms with Crippen LogP contribution in [0.3, 0.4) is 0 Å². The van der Waals surface area contributed by atoms with Crippen LogP contribution in [0, 0.1) is 39.2 Å². The van der Waals surface area contributed by atoms with Crippen molar-refractivity contribution in [3.05, 3.63) is 46.5 Å². The van der Waals surface area contributed by atoms with Gasteiger partial charge in [0, 0.05) is 6.07 Å². The van der Waals surface area contributed by atoms with Gasteiger partial charge in [0.15, 0.2) is 0 Å². The van der Waals surface area contributed by atoms with Gasteiger partial charge in [-0.15, -0.1) is 0 Å². The maximum atomic E-state index is 12.9. The average Bonchev–Trinajstić information content (AvgIpc) is 3.13. The van der Waals surface area contributed by atoms with Crippen molar-refractivity contribution in [2.75, 3.05) is 4.90 Å². The number of rotatable bonds is 2. The summed E-state index contributed by atoms with van der Waals surface area (Å²) < 4.78 is 0. The maximum Gasteiger partial charge on any atom is 0.293 e. The van der Waals surface area contributed by atoms with Crippen molar-refractivity contribution >= 4 is 23.2 Å². The molecule has 4 atom stereocenters. The van der Waals surface area contributed by atoms with E-state index in [9.17, 15) is 19.7 Å². The average molecular weight is 310 g/mol. The first-order valence-corrected chi connectivity index (χ1v) is 7.86. The molecule has 0 radical (unpaired) electrons. The lowest BCUT2D eigenvalue weighted by Gasteiger charge is -2.21. The summed E-state index contributed by atoms with van der Waals surface area (Å²) in [4.78, 5) is 37.6. The molecule has 3 fully saturated rings. The highest BCUT2D eigenvalue weighted by Crippen LogP contribution is 2.73. The Morgan fingerprint density at radius 2 is 1.61 bits per heavy atom. The van der Waals surface area contributed by atoms with Crippen molar-refractivity contribution in [2.45, 2.75) is 12.8 Å². The Labute approximate surface area is 131 Å². The van der Waals surface area contributed by atoms with Crippen LogP contribution < -0.4 is 4.90 Å². The van der Waals surface area contributed by atoms with E-state index in [-0.39, 0.29) is 52.3 Å². The van der Waals surface area contributed by atoms with E-state index in [0.717, 1.165) is 17.7 Å². The Bertz CT molecular complexity index is 777. The lowest BCUT2D eigenvalue weighted by molar-refractivity contribution is -0.384. The maximum absolute atomic E-state index is 12.9. The van der Waals surface area contributed by atoms with E-state index in [2.05, 4.69) is 12.2 Å². The van der Waals surface area contributed by atoms with E-state index >= 15 is 0 Å². The Balaban J connectivity index is 1.60. The number of hydrogen-bond donors (Lipinski definition) is 0. The molecular weight excluding hydrogens is 296 g/mol. The monoisotopic (exact) mass is 310 g/mol. The number of nitro benzene ring substituents is 1. The second-order valence-corrected chi connectivity index (χ2v) is 6.98. The minimum absolute atomic E-state index is 0.103. The third kappa shape index (κ3) is 1.35. The molecule has 0 unspecified atom stereocenters. The number of para-hydroxylation sites is 2. The third-order valence-electron chi connectivity index (χ3n) is 6.17. The highest BCUT2D eigenvalue weighted by Gasteiger charge is 2.73. The normalized spacial score (nSPS) is 35.2. The fourth-order valence-electron chi connectivity index (χ4n) is 5.12. The van der Waals surface area contributed by atoms with E-state index < -0.39 is 4.92 Å². The van der Waals surface area contributed by atoms with Gasteiger partial charge in [0.2, 0.25) is 11.8 Å². The predicted molar refractivity (Wildman–Crippen MR) is 80.4 cm³/mol. The van der Waals surface area contributed by atoms with Crippen LogP contribution in [0.15, 0.2) is 36.4 Å². The van der Waals surface area contributed by atoms with Gasteiger partial charge in [-0.3, -0.25) is 19.7 Å². The molecule has 2 amide bonds.